The van der Waals surface area contributed by atoms with Gasteiger partial charge in [0, 0.05) is 30.6 Å². The molecule has 0 saturated carbocycles. The van der Waals surface area contributed by atoms with Gasteiger partial charge in [-0.05, 0) is 23.8 Å². The Kier molecular flexibility index (Phi) is 10.4. The number of hydrogen-bond acceptors (Lipinski definition) is 8. The number of morpholine rings is 1. The number of aliphatic hydroxyl groups is 2. The van der Waals surface area contributed by atoms with E-state index in [-0.39, 0.29) is 6.10 Å². The highest BCUT2D eigenvalue weighted by Gasteiger charge is 2.29. The minimum absolute atomic E-state index is 0.167. The summed E-state index contributed by atoms with van der Waals surface area (Å²) in [6.07, 6.45) is -3.56. The quantitative estimate of drug-likeness (QED) is 0.373. The van der Waals surface area contributed by atoms with Gasteiger partial charge in [0.15, 0.2) is 23.7 Å². The summed E-state index contributed by atoms with van der Waals surface area (Å²) in [5, 5.41) is 36.5. The summed E-state index contributed by atoms with van der Waals surface area (Å²) in [4.78, 5) is 19.5. The maximum atomic E-state index is 9.77. The van der Waals surface area contributed by atoms with Crippen LogP contribution < -0.4 is 14.8 Å². The zero-order chi connectivity index (χ0) is 24.4. The highest BCUT2D eigenvalue weighted by molar-refractivity contribution is 6.30. The first kappa shape index (κ1) is 26.4. The molecule has 0 aliphatic carbocycles. The average molecular weight is 484 g/mol. The van der Waals surface area contributed by atoms with E-state index in [1.807, 2.05) is 24.3 Å². The molecule has 1 aliphatic rings. The molecule has 0 aromatic heterocycles. The first-order valence-electron chi connectivity index (χ1n) is 9.96. The van der Waals surface area contributed by atoms with Crippen molar-refractivity contribution in [3.63, 3.8) is 0 Å². The summed E-state index contributed by atoms with van der Waals surface area (Å²) < 4.78 is 17.2. The van der Waals surface area contributed by atoms with Crippen LogP contribution in [-0.2, 0) is 20.7 Å². The molecule has 1 saturated heterocycles. The molecule has 3 rings (SSSR count). The summed E-state index contributed by atoms with van der Waals surface area (Å²) >= 11 is 6.00. The highest BCUT2D eigenvalue weighted by atomic mass is 35.5. The van der Waals surface area contributed by atoms with Gasteiger partial charge in [-0.2, -0.15) is 0 Å². The van der Waals surface area contributed by atoms with Crippen molar-refractivity contribution in [1.29, 1.82) is 0 Å². The van der Waals surface area contributed by atoms with Crippen molar-refractivity contribution in [2.45, 2.75) is 24.7 Å². The molecular formula is C22H26ClNO9. The molecule has 1 aliphatic heterocycles. The predicted molar refractivity (Wildman–Crippen MR) is 118 cm³/mol. The van der Waals surface area contributed by atoms with Gasteiger partial charge in [-0.15, -0.1) is 0 Å². The monoisotopic (exact) mass is 483 g/mol. The number of carbonyl (C=O) groups is 2. The van der Waals surface area contributed by atoms with Gasteiger partial charge >= 0.3 is 11.9 Å². The van der Waals surface area contributed by atoms with Crippen LogP contribution in [0.3, 0.4) is 0 Å². The van der Waals surface area contributed by atoms with Gasteiger partial charge in [-0.3, -0.25) is 0 Å². The maximum Gasteiger partial charge on any atom is 0.335 e. The van der Waals surface area contributed by atoms with Crippen LogP contribution in [-0.4, -0.2) is 77.5 Å². The Morgan fingerprint density at radius 3 is 2.33 bits per heavy atom. The van der Waals surface area contributed by atoms with E-state index >= 15 is 0 Å². The predicted octanol–water partition coefficient (Wildman–Crippen LogP) is 1.55. The number of ether oxygens (including phenoxy) is 3. The van der Waals surface area contributed by atoms with Gasteiger partial charge in [0.2, 0.25) is 0 Å². The Labute approximate surface area is 195 Å². The molecule has 3 unspecified atom stereocenters. The van der Waals surface area contributed by atoms with Crippen LogP contribution in [0.15, 0.2) is 42.5 Å². The van der Waals surface area contributed by atoms with Crippen LogP contribution in [0.2, 0.25) is 5.02 Å². The van der Waals surface area contributed by atoms with E-state index in [1.165, 1.54) is 0 Å². The van der Waals surface area contributed by atoms with Crippen molar-refractivity contribution >= 4 is 23.5 Å². The Morgan fingerprint density at radius 1 is 1.09 bits per heavy atom. The lowest BCUT2D eigenvalue weighted by Crippen LogP contribution is -2.39. The number of halogens is 1. The molecule has 1 fully saturated rings. The lowest BCUT2D eigenvalue weighted by atomic mass is 10.1. The normalized spacial score (nSPS) is 17.2. The molecule has 0 radical (unpaired) electrons. The highest BCUT2D eigenvalue weighted by Crippen LogP contribution is 2.35. The second-order valence-electron chi connectivity index (χ2n) is 6.97. The number of carboxylic acids is 2. The van der Waals surface area contributed by atoms with E-state index in [4.69, 9.17) is 46.2 Å². The van der Waals surface area contributed by atoms with E-state index in [0.29, 0.717) is 16.5 Å². The number of nitrogens with one attached hydrogen (secondary N) is 1. The number of aliphatic carboxylic acids is 2. The van der Waals surface area contributed by atoms with Crippen LogP contribution in [0.4, 0.5) is 0 Å². The Bertz CT molecular complexity index is 916. The zero-order valence-electron chi connectivity index (χ0n) is 17.8. The van der Waals surface area contributed by atoms with Crippen LogP contribution in [0.1, 0.15) is 5.56 Å². The molecule has 0 spiro atoms. The van der Waals surface area contributed by atoms with Gasteiger partial charge < -0.3 is 40.0 Å². The van der Waals surface area contributed by atoms with Crippen molar-refractivity contribution in [3.05, 3.63) is 53.1 Å². The number of carboxylic acid groups (broad SMARTS) is 2. The topological polar surface area (TPSA) is 155 Å². The Morgan fingerprint density at radius 2 is 1.76 bits per heavy atom. The van der Waals surface area contributed by atoms with E-state index in [9.17, 15) is 9.59 Å². The largest absolute Gasteiger partial charge is 0.493 e. The lowest BCUT2D eigenvalue weighted by molar-refractivity contribution is -0.165. The number of para-hydroxylation sites is 1. The summed E-state index contributed by atoms with van der Waals surface area (Å²) in [6.45, 7) is 2.52. The first-order chi connectivity index (χ1) is 15.7. The summed E-state index contributed by atoms with van der Waals surface area (Å²) in [7, 11) is 1.60. The number of rotatable bonds is 8. The molecule has 1 heterocycles. The van der Waals surface area contributed by atoms with E-state index in [2.05, 4.69) is 11.4 Å². The maximum absolute atomic E-state index is 9.77. The summed E-state index contributed by atoms with van der Waals surface area (Å²) in [6, 6.07) is 13.3. The SMILES string of the molecule is COc1cc(Cl)ccc1Oc1ccccc1CC1CNCCO1.O=C(O)C(O)C(O)C(=O)O. The van der Waals surface area contributed by atoms with Gasteiger partial charge in [-0.25, -0.2) is 9.59 Å². The molecule has 3 atom stereocenters. The lowest BCUT2D eigenvalue weighted by Gasteiger charge is -2.24. The molecule has 2 aromatic rings. The fourth-order valence-electron chi connectivity index (χ4n) is 2.88. The van der Waals surface area contributed by atoms with Crippen LogP contribution >= 0.6 is 11.6 Å². The molecule has 33 heavy (non-hydrogen) atoms. The van der Waals surface area contributed by atoms with Crippen molar-refractivity contribution in [1.82, 2.24) is 5.32 Å². The van der Waals surface area contributed by atoms with Gasteiger partial charge in [0.05, 0.1) is 19.8 Å². The number of benzene rings is 2. The minimum atomic E-state index is -2.27. The molecule has 10 nitrogen and oxygen atoms in total. The van der Waals surface area contributed by atoms with Gasteiger partial charge in [-0.1, -0.05) is 29.8 Å². The van der Waals surface area contributed by atoms with Crippen molar-refractivity contribution < 1.29 is 44.2 Å². The van der Waals surface area contributed by atoms with Crippen molar-refractivity contribution in [3.8, 4) is 17.2 Å². The Balaban J connectivity index is 0.000000328. The average Bonchev–Trinajstić information content (AvgIpc) is 2.81. The van der Waals surface area contributed by atoms with Crippen molar-refractivity contribution in [2.24, 2.45) is 0 Å². The second-order valence-corrected chi connectivity index (χ2v) is 7.41. The molecule has 180 valence electrons. The van der Waals surface area contributed by atoms with Gasteiger partial charge in [0.1, 0.15) is 5.75 Å². The second kappa shape index (κ2) is 13.0. The minimum Gasteiger partial charge on any atom is -0.493 e. The van der Waals surface area contributed by atoms with Gasteiger partial charge in [0.25, 0.3) is 0 Å². The summed E-state index contributed by atoms with van der Waals surface area (Å²) in [5.74, 6) is -1.47. The molecule has 11 heteroatoms. The number of methoxy groups -OCH3 is 1. The van der Waals surface area contributed by atoms with Crippen LogP contribution in [0.5, 0.6) is 17.2 Å². The first-order valence-corrected chi connectivity index (χ1v) is 10.3. The number of hydrogen-bond donors (Lipinski definition) is 5. The fraction of sp³-hybridized carbons (Fsp3) is 0.364. The third-order valence-electron chi connectivity index (χ3n) is 4.58. The fourth-order valence-corrected chi connectivity index (χ4v) is 3.04. The van der Waals surface area contributed by atoms with Crippen LogP contribution in [0, 0.1) is 0 Å². The van der Waals surface area contributed by atoms with E-state index < -0.39 is 24.1 Å². The summed E-state index contributed by atoms with van der Waals surface area (Å²) in [5.41, 5.74) is 1.11. The molecular weight excluding hydrogens is 458 g/mol. The molecule has 2 aromatic carbocycles. The molecule has 5 N–H and O–H groups in total. The third-order valence-corrected chi connectivity index (χ3v) is 4.81. The molecule has 0 amide bonds. The van der Waals surface area contributed by atoms with E-state index in [1.54, 1.807) is 19.2 Å². The molecule has 0 bridgehead atoms. The third kappa shape index (κ3) is 8.19. The van der Waals surface area contributed by atoms with Crippen LogP contribution in [0.25, 0.3) is 0 Å². The standard InChI is InChI=1S/C18H20ClNO3.C4H6O6/c1-21-18-11-14(19)6-7-17(18)23-16-5-3-2-4-13(16)10-15-12-20-8-9-22-15;5-1(3(7)8)2(6)4(9)10/h2-7,11,15,20H,8-10,12H2,1H3;1-2,5-6H,(H,7,8)(H,9,10). The Hall–Kier alpha value is -2.89. The number of aliphatic hydroxyl groups excluding tert-OH is 2. The van der Waals surface area contributed by atoms with E-state index in [0.717, 1.165) is 37.4 Å². The van der Waals surface area contributed by atoms with Crippen molar-refractivity contribution in [2.75, 3.05) is 26.8 Å². The smallest absolute Gasteiger partial charge is 0.335 e. The zero-order valence-corrected chi connectivity index (χ0v) is 18.6.